The molecule has 1 aliphatic rings. The van der Waals surface area contributed by atoms with Crippen LogP contribution in [0.2, 0.25) is 0 Å². The highest BCUT2D eigenvalue weighted by Gasteiger charge is 2.32. The molecule has 4 rings (SSSR count). The maximum Gasteiger partial charge on any atom is 0.201 e. The van der Waals surface area contributed by atoms with Crippen LogP contribution in [0.5, 0.6) is 0 Å². The van der Waals surface area contributed by atoms with Gasteiger partial charge in [0, 0.05) is 30.1 Å². The van der Waals surface area contributed by atoms with Gasteiger partial charge in [-0.1, -0.05) is 51.1 Å². The third kappa shape index (κ3) is 3.36. The maximum absolute atomic E-state index is 10.0. The Morgan fingerprint density at radius 3 is 2.47 bits per heavy atom. The van der Waals surface area contributed by atoms with E-state index in [0.29, 0.717) is 23.1 Å². The zero-order valence-corrected chi connectivity index (χ0v) is 18.8. The summed E-state index contributed by atoms with van der Waals surface area (Å²) in [5.74, 6) is 0.670. The summed E-state index contributed by atoms with van der Waals surface area (Å²) in [5, 5.41) is 10.0. The van der Waals surface area contributed by atoms with Crippen LogP contribution in [-0.2, 0) is 5.41 Å². The van der Waals surface area contributed by atoms with Crippen LogP contribution < -0.4 is 4.90 Å². The topological polar surface area (TPSA) is 56.3 Å². The number of aromatic nitrogens is 1. The molecule has 1 aromatic heterocycles. The second-order valence-corrected chi connectivity index (χ2v) is 9.50. The Hall–Kier alpha value is -2.84. The van der Waals surface area contributed by atoms with Gasteiger partial charge in [0.2, 0.25) is 5.89 Å². The van der Waals surface area contributed by atoms with Gasteiger partial charge in [-0.2, -0.15) is 5.26 Å². The number of anilines is 1. The molecular formula is C25H30N4O. The maximum atomic E-state index is 10.0. The van der Waals surface area contributed by atoms with E-state index in [9.17, 15) is 5.26 Å². The predicted molar refractivity (Wildman–Crippen MR) is 122 cm³/mol. The van der Waals surface area contributed by atoms with Crippen LogP contribution in [-0.4, -0.2) is 43.1 Å². The Kier molecular flexibility index (Phi) is 5.07. The molecule has 0 amide bonds. The Bertz CT molecular complexity index is 1120. The largest absolute Gasteiger partial charge is 0.439 e. The van der Waals surface area contributed by atoms with E-state index in [-0.39, 0.29) is 5.41 Å². The van der Waals surface area contributed by atoms with E-state index in [1.807, 2.05) is 25.1 Å². The first-order chi connectivity index (χ1) is 14.2. The Balaban J connectivity index is 2.05. The zero-order chi connectivity index (χ0) is 21.6. The number of rotatable bonds is 3. The molecular weight excluding hydrogens is 372 g/mol. The molecule has 1 fully saturated rings. The summed E-state index contributed by atoms with van der Waals surface area (Å²) in [7, 11) is 4.28. The van der Waals surface area contributed by atoms with E-state index in [4.69, 9.17) is 9.40 Å². The summed E-state index contributed by atoms with van der Waals surface area (Å²) in [6.07, 6.45) is 1.10. The van der Waals surface area contributed by atoms with Crippen molar-refractivity contribution >= 4 is 16.8 Å². The first-order valence-electron chi connectivity index (χ1n) is 10.6. The molecule has 5 nitrogen and oxygen atoms in total. The van der Waals surface area contributed by atoms with Gasteiger partial charge in [0.25, 0.3) is 0 Å². The molecule has 0 aliphatic carbocycles. The molecule has 1 aliphatic heterocycles. The van der Waals surface area contributed by atoms with Crippen LogP contribution in [0.4, 0.5) is 5.69 Å². The van der Waals surface area contributed by atoms with Crippen LogP contribution in [0, 0.1) is 18.3 Å². The Morgan fingerprint density at radius 1 is 1.20 bits per heavy atom. The minimum Gasteiger partial charge on any atom is -0.439 e. The molecule has 3 aromatic rings. The van der Waals surface area contributed by atoms with Gasteiger partial charge in [-0.15, -0.1) is 0 Å². The lowest BCUT2D eigenvalue weighted by molar-refractivity contribution is 0.315. The van der Waals surface area contributed by atoms with E-state index in [1.54, 1.807) is 0 Å². The summed E-state index contributed by atoms with van der Waals surface area (Å²) in [6.45, 7) is 10.2. The third-order valence-corrected chi connectivity index (χ3v) is 6.09. The summed E-state index contributed by atoms with van der Waals surface area (Å²) in [4.78, 5) is 9.68. The van der Waals surface area contributed by atoms with Gasteiger partial charge < -0.3 is 14.2 Å². The first kappa shape index (κ1) is 20.4. The molecule has 0 saturated carbocycles. The number of nitriles is 1. The first-order valence-corrected chi connectivity index (χ1v) is 10.6. The smallest absolute Gasteiger partial charge is 0.201 e. The average Bonchev–Trinajstić information content (AvgIpc) is 3.35. The lowest BCUT2D eigenvalue weighted by Gasteiger charge is -2.26. The summed E-state index contributed by atoms with van der Waals surface area (Å²) >= 11 is 0. The van der Waals surface area contributed by atoms with Crippen molar-refractivity contribution in [2.24, 2.45) is 0 Å². The highest BCUT2D eigenvalue weighted by atomic mass is 16.3. The van der Waals surface area contributed by atoms with E-state index in [0.717, 1.165) is 47.4 Å². The number of benzene rings is 2. The average molecular weight is 403 g/mol. The SMILES string of the molecule is Cc1c(-c2ccccc2)c(N2CC[C@H](N(C)C)C2)c2nc(C(C)(C)C)oc2c1C#N. The predicted octanol–water partition coefficient (Wildman–Crippen LogP) is 5.11. The van der Waals surface area contributed by atoms with Crippen molar-refractivity contribution in [1.82, 2.24) is 9.88 Å². The summed E-state index contributed by atoms with van der Waals surface area (Å²) in [6, 6.07) is 13.2. The van der Waals surface area contributed by atoms with Crippen LogP contribution in [0.25, 0.3) is 22.2 Å². The summed E-state index contributed by atoms with van der Waals surface area (Å²) < 4.78 is 6.23. The van der Waals surface area contributed by atoms with Crippen molar-refractivity contribution in [3.05, 3.63) is 47.3 Å². The second-order valence-electron chi connectivity index (χ2n) is 9.50. The van der Waals surface area contributed by atoms with E-state index in [1.165, 1.54) is 0 Å². The fourth-order valence-electron chi connectivity index (χ4n) is 4.33. The molecule has 0 N–H and O–H groups in total. The van der Waals surface area contributed by atoms with Gasteiger partial charge in [-0.25, -0.2) is 4.98 Å². The van der Waals surface area contributed by atoms with Crippen molar-refractivity contribution in [2.75, 3.05) is 32.1 Å². The quantitative estimate of drug-likeness (QED) is 0.609. The zero-order valence-electron chi connectivity index (χ0n) is 18.8. The van der Waals surface area contributed by atoms with Crippen LogP contribution in [0.1, 0.15) is 44.2 Å². The number of likely N-dealkylation sites (N-methyl/N-ethyl adjacent to an activating group) is 1. The van der Waals surface area contributed by atoms with Crippen LogP contribution >= 0.6 is 0 Å². The molecule has 0 spiro atoms. The van der Waals surface area contributed by atoms with Crippen molar-refractivity contribution in [2.45, 2.75) is 45.6 Å². The molecule has 30 heavy (non-hydrogen) atoms. The standard InChI is InChI=1S/C25H30N4O/c1-16-19(14-26)23-21(27-24(30-23)25(2,3)4)22(20(16)17-10-8-7-9-11-17)29-13-12-18(15-29)28(5)6/h7-11,18H,12-13,15H2,1-6H3/t18-/m0/s1. The number of hydrogen-bond donors (Lipinski definition) is 0. The van der Waals surface area contributed by atoms with E-state index in [2.05, 4.69) is 62.9 Å². The van der Waals surface area contributed by atoms with Gasteiger partial charge in [0.15, 0.2) is 5.58 Å². The summed E-state index contributed by atoms with van der Waals surface area (Å²) in [5.41, 5.74) is 6.01. The monoisotopic (exact) mass is 402 g/mol. The third-order valence-electron chi connectivity index (χ3n) is 6.09. The number of hydrogen-bond acceptors (Lipinski definition) is 5. The number of nitrogens with zero attached hydrogens (tertiary/aromatic N) is 4. The number of oxazole rings is 1. The molecule has 5 heteroatoms. The van der Waals surface area contributed by atoms with Gasteiger partial charge in [-0.05, 0) is 38.6 Å². The van der Waals surface area contributed by atoms with Crippen molar-refractivity contribution in [3.8, 4) is 17.2 Å². The molecule has 1 atom stereocenters. The molecule has 2 heterocycles. The Labute approximate surface area is 178 Å². The molecule has 2 aromatic carbocycles. The Morgan fingerprint density at radius 2 is 1.90 bits per heavy atom. The minimum absolute atomic E-state index is 0.235. The van der Waals surface area contributed by atoms with Crippen LogP contribution in [0.3, 0.4) is 0 Å². The molecule has 1 saturated heterocycles. The second kappa shape index (κ2) is 7.45. The normalized spacial score (nSPS) is 17.1. The molecule has 0 bridgehead atoms. The molecule has 0 unspecified atom stereocenters. The lowest BCUT2D eigenvalue weighted by Crippen LogP contribution is -2.31. The fraction of sp³-hybridized carbons (Fsp3) is 0.440. The van der Waals surface area contributed by atoms with Crippen molar-refractivity contribution < 1.29 is 4.42 Å². The molecule has 0 radical (unpaired) electrons. The lowest BCUT2D eigenvalue weighted by atomic mass is 9.93. The van der Waals surface area contributed by atoms with Gasteiger partial charge in [-0.3, -0.25) is 0 Å². The van der Waals surface area contributed by atoms with Crippen molar-refractivity contribution in [1.29, 1.82) is 5.26 Å². The van der Waals surface area contributed by atoms with E-state index < -0.39 is 0 Å². The van der Waals surface area contributed by atoms with Crippen LogP contribution in [0.15, 0.2) is 34.7 Å². The fourth-order valence-corrected chi connectivity index (χ4v) is 4.33. The van der Waals surface area contributed by atoms with Crippen molar-refractivity contribution in [3.63, 3.8) is 0 Å². The van der Waals surface area contributed by atoms with Gasteiger partial charge >= 0.3 is 0 Å². The highest BCUT2D eigenvalue weighted by molar-refractivity contribution is 6.02. The van der Waals surface area contributed by atoms with Gasteiger partial charge in [0.1, 0.15) is 17.1 Å². The number of fused-ring (bicyclic) bond motifs is 1. The highest BCUT2D eigenvalue weighted by Crippen LogP contribution is 2.44. The van der Waals surface area contributed by atoms with Gasteiger partial charge in [0.05, 0.1) is 5.69 Å². The van der Waals surface area contributed by atoms with E-state index >= 15 is 0 Å². The molecule has 156 valence electrons. The minimum atomic E-state index is -0.235.